The maximum absolute atomic E-state index is 12.3. The minimum atomic E-state index is -0.0487. The molecule has 0 atom stereocenters. The average Bonchev–Trinajstić information content (AvgIpc) is 2.96. The van der Waals surface area contributed by atoms with Gasteiger partial charge in [-0.05, 0) is 31.4 Å². The van der Waals surface area contributed by atoms with Crippen molar-refractivity contribution in [3.63, 3.8) is 0 Å². The van der Waals surface area contributed by atoms with Crippen LogP contribution in [0.4, 0.5) is 16.4 Å². The van der Waals surface area contributed by atoms with E-state index in [2.05, 4.69) is 10.5 Å². The number of anilines is 2. The van der Waals surface area contributed by atoms with Crippen LogP contribution in [-0.2, 0) is 0 Å². The Morgan fingerprint density at radius 2 is 2.09 bits per heavy atom. The maximum atomic E-state index is 12.3. The largest absolute Gasteiger partial charge is 0.368 e. The van der Waals surface area contributed by atoms with Crippen LogP contribution in [0.25, 0.3) is 0 Å². The zero-order chi connectivity index (χ0) is 15.5. The first-order chi connectivity index (χ1) is 10.6. The summed E-state index contributed by atoms with van der Waals surface area (Å²) < 4.78 is 4.92. The lowest BCUT2D eigenvalue weighted by atomic mass is 9.94. The van der Waals surface area contributed by atoms with E-state index in [4.69, 9.17) is 10.3 Å². The number of piperidine rings is 1. The summed E-state index contributed by atoms with van der Waals surface area (Å²) in [6.07, 6.45) is 1.74. The molecule has 0 spiro atoms. The van der Waals surface area contributed by atoms with Crippen molar-refractivity contribution in [1.29, 1.82) is 0 Å². The van der Waals surface area contributed by atoms with Gasteiger partial charge in [-0.3, -0.25) is 0 Å². The monoisotopic (exact) mass is 300 g/mol. The summed E-state index contributed by atoms with van der Waals surface area (Å²) in [5, 5.41) is 6.94. The molecule has 6 nitrogen and oxygen atoms in total. The van der Waals surface area contributed by atoms with Crippen LogP contribution in [0.2, 0.25) is 0 Å². The van der Waals surface area contributed by atoms with E-state index in [1.165, 1.54) is 0 Å². The SMILES string of the molecule is Cc1ccccc1NC(=O)N1CCC(c2cc(N)on2)CC1. The molecule has 0 unspecified atom stereocenters. The third-order valence-corrected chi connectivity index (χ3v) is 4.13. The second-order valence-electron chi connectivity index (χ2n) is 5.66. The second-order valence-corrected chi connectivity index (χ2v) is 5.66. The lowest BCUT2D eigenvalue weighted by molar-refractivity contribution is 0.193. The molecule has 116 valence electrons. The van der Waals surface area contributed by atoms with E-state index in [1.54, 1.807) is 6.07 Å². The van der Waals surface area contributed by atoms with Crippen molar-refractivity contribution < 1.29 is 9.32 Å². The molecule has 1 saturated heterocycles. The number of amides is 2. The number of nitrogens with one attached hydrogen (secondary N) is 1. The van der Waals surface area contributed by atoms with Gasteiger partial charge in [0.25, 0.3) is 0 Å². The number of nitrogens with zero attached hydrogens (tertiary/aromatic N) is 2. The van der Waals surface area contributed by atoms with Crippen LogP contribution in [0.5, 0.6) is 0 Å². The van der Waals surface area contributed by atoms with Gasteiger partial charge in [-0.2, -0.15) is 0 Å². The van der Waals surface area contributed by atoms with Crippen LogP contribution in [-0.4, -0.2) is 29.2 Å². The Kier molecular flexibility index (Phi) is 4.00. The molecule has 3 N–H and O–H groups in total. The Labute approximate surface area is 129 Å². The number of hydrogen-bond acceptors (Lipinski definition) is 4. The van der Waals surface area contributed by atoms with Crippen LogP contribution in [0.15, 0.2) is 34.9 Å². The fraction of sp³-hybridized carbons (Fsp3) is 0.375. The molecule has 22 heavy (non-hydrogen) atoms. The van der Waals surface area contributed by atoms with Gasteiger partial charge in [0.05, 0.1) is 5.69 Å². The quantitative estimate of drug-likeness (QED) is 0.893. The standard InChI is InChI=1S/C16H20N4O2/c1-11-4-2-3-5-13(11)18-16(21)20-8-6-12(7-9-20)14-10-15(17)22-19-14/h2-5,10,12H,6-9,17H2,1H3,(H,18,21). The van der Waals surface area contributed by atoms with E-state index >= 15 is 0 Å². The highest BCUT2D eigenvalue weighted by atomic mass is 16.5. The summed E-state index contributed by atoms with van der Waals surface area (Å²) in [4.78, 5) is 14.2. The fourth-order valence-electron chi connectivity index (χ4n) is 2.78. The highest BCUT2D eigenvalue weighted by Gasteiger charge is 2.25. The summed E-state index contributed by atoms with van der Waals surface area (Å²) in [6.45, 7) is 3.39. The number of hydrogen-bond donors (Lipinski definition) is 2. The summed E-state index contributed by atoms with van der Waals surface area (Å²) in [5.74, 6) is 0.651. The van der Waals surface area contributed by atoms with Gasteiger partial charge in [0.2, 0.25) is 5.88 Å². The summed E-state index contributed by atoms with van der Waals surface area (Å²) in [6, 6.07) is 9.50. The number of urea groups is 1. The smallest absolute Gasteiger partial charge is 0.321 e. The Morgan fingerprint density at radius 3 is 2.73 bits per heavy atom. The molecule has 0 bridgehead atoms. The lowest BCUT2D eigenvalue weighted by Crippen LogP contribution is -2.40. The molecule has 1 fully saturated rings. The Balaban J connectivity index is 1.57. The van der Waals surface area contributed by atoms with Crippen molar-refractivity contribution in [1.82, 2.24) is 10.1 Å². The molecule has 3 rings (SSSR count). The summed E-state index contributed by atoms with van der Waals surface area (Å²) in [7, 11) is 0. The topological polar surface area (TPSA) is 84.4 Å². The maximum Gasteiger partial charge on any atom is 0.321 e. The van der Waals surface area contributed by atoms with Crippen molar-refractivity contribution in [3.05, 3.63) is 41.6 Å². The molecule has 1 aromatic heterocycles. The number of nitrogen functional groups attached to an aromatic ring is 1. The van der Waals surface area contributed by atoms with Gasteiger partial charge >= 0.3 is 6.03 Å². The first kappa shape index (κ1) is 14.4. The fourth-order valence-corrected chi connectivity index (χ4v) is 2.78. The number of nitrogens with two attached hydrogens (primary N) is 1. The predicted molar refractivity (Wildman–Crippen MR) is 84.7 cm³/mol. The van der Waals surface area contributed by atoms with Crippen LogP contribution in [0.1, 0.15) is 30.0 Å². The number of aryl methyl sites for hydroxylation is 1. The van der Waals surface area contributed by atoms with E-state index in [-0.39, 0.29) is 6.03 Å². The van der Waals surface area contributed by atoms with Gasteiger partial charge in [-0.25, -0.2) is 4.79 Å². The van der Waals surface area contributed by atoms with E-state index in [9.17, 15) is 4.79 Å². The number of carbonyl (C=O) groups excluding carboxylic acids is 1. The predicted octanol–water partition coefficient (Wildman–Crippen LogP) is 2.98. The molecule has 0 radical (unpaired) electrons. The van der Waals surface area contributed by atoms with Crippen LogP contribution < -0.4 is 11.1 Å². The van der Waals surface area contributed by atoms with Crippen LogP contribution in [0.3, 0.4) is 0 Å². The molecule has 0 aliphatic carbocycles. The molecular formula is C16H20N4O2. The van der Waals surface area contributed by atoms with Gasteiger partial charge in [0.15, 0.2) is 0 Å². The third kappa shape index (κ3) is 3.05. The van der Waals surface area contributed by atoms with Gasteiger partial charge in [0.1, 0.15) is 0 Å². The Morgan fingerprint density at radius 1 is 1.36 bits per heavy atom. The molecule has 1 aliphatic heterocycles. The lowest BCUT2D eigenvalue weighted by Gasteiger charge is -2.31. The first-order valence-corrected chi connectivity index (χ1v) is 7.47. The number of benzene rings is 1. The van der Waals surface area contributed by atoms with E-state index < -0.39 is 0 Å². The molecule has 1 aliphatic rings. The minimum Gasteiger partial charge on any atom is -0.368 e. The van der Waals surface area contributed by atoms with Gasteiger partial charge in [-0.15, -0.1) is 0 Å². The first-order valence-electron chi connectivity index (χ1n) is 7.47. The molecule has 6 heteroatoms. The molecule has 2 aromatic rings. The minimum absolute atomic E-state index is 0.0487. The van der Waals surface area contributed by atoms with Gasteiger partial charge < -0.3 is 20.5 Å². The zero-order valence-corrected chi connectivity index (χ0v) is 12.6. The molecule has 1 aromatic carbocycles. The van der Waals surface area contributed by atoms with Crippen molar-refractivity contribution in [2.45, 2.75) is 25.7 Å². The average molecular weight is 300 g/mol. The Hall–Kier alpha value is -2.50. The molecule has 0 saturated carbocycles. The second kappa shape index (κ2) is 6.09. The highest BCUT2D eigenvalue weighted by Crippen LogP contribution is 2.28. The molecule has 2 amide bonds. The van der Waals surface area contributed by atoms with Gasteiger partial charge in [-0.1, -0.05) is 23.4 Å². The van der Waals surface area contributed by atoms with Crippen molar-refractivity contribution in [3.8, 4) is 0 Å². The number of carbonyl (C=O) groups is 1. The summed E-state index contributed by atoms with van der Waals surface area (Å²) in [5.41, 5.74) is 8.36. The third-order valence-electron chi connectivity index (χ3n) is 4.13. The number of para-hydroxylation sites is 1. The Bertz CT molecular complexity index is 660. The van der Waals surface area contributed by atoms with Crippen LogP contribution >= 0.6 is 0 Å². The number of likely N-dealkylation sites (tertiary alicyclic amines) is 1. The summed E-state index contributed by atoms with van der Waals surface area (Å²) >= 11 is 0. The van der Waals surface area contributed by atoms with Crippen molar-refractivity contribution >= 4 is 17.6 Å². The van der Waals surface area contributed by atoms with E-state index in [0.717, 1.165) is 29.8 Å². The van der Waals surface area contributed by atoms with Crippen molar-refractivity contribution in [2.24, 2.45) is 0 Å². The normalized spacial score (nSPS) is 15.8. The highest BCUT2D eigenvalue weighted by molar-refractivity contribution is 5.90. The zero-order valence-electron chi connectivity index (χ0n) is 12.6. The van der Waals surface area contributed by atoms with E-state index in [0.29, 0.717) is 24.9 Å². The van der Waals surface area contributed by atoms with Crippen molar-refractivity contribution in [2.75, 3.05) is 24.1 Å². The number of rotatable bonds is 2. The van der Waals surface area contributed by atoms with Gasteiger partial charge in [0, 0.05) is 30.8 Å². The van der Waals surface area contributed by atoms with Crippen LogP contribution in [0, 0.1) is 6.92 Å². The van der Waals surface area contributed by atoms with E-state index in [1.807, 2.05) is 36.1 Å². The molecular weight excluding hydrogens is 280 g/mol. The molecule has 2 heterocycles. The number of aromatic nitrogens is 1.